The van der Waals surface area contributed by atoms with Crippen molar-refractivity contribution in [1.29, 1.82) is 0 Å². The van der Waals surface area contributed by atoms with Gasteiger partial charge in [-0.05, 0) is 0 Å². The number of aromatic nitrogens is 2. The predicted octanol–water partition coefficient (Wildman–Crippen LogP) is -0.737. The van der Waals surface area contributed by atoms with Gasteiger partial charge < -0.3 is 0 Å². The molecule has 0 atom stereocenters. The topological polar surface area (TPSA) is 85.9 Å². The summed E-state index contributed by atoms with van der Waals surface area (Å²) in [4.78, 5) is 6.30. The highest BCUT2D eigenvalue weighted by Gasteiger charge is 2.10. The molecule has 1 aromatic rings. The number of hydrogen-bond acceptors (Lipinski definition) is 4. The van der Waals surface area contributed by atoms with Gasteiger partial charge in [0.15, 0.2) is 5.82 Å². The van der Waals surface area contributed by atoms with Gasteiger partial charge in [0.2, 0.25) is 0 Å². The Bertz CT molecular complexity index is 346. The summed E-state index contributed by atoms with van der Waals surface area (Å²) < 4.78 is 33.1. The van der Waals surface area contributed by atoms with E-state index in [1.54, 1.807) is 0 Å². The van der Waals surface area contributed by atoms with Gasteiger partial charge in [-0.15, -0.1) is 0 Å². The second-order valence-electron chi connectivity index (χ2n) is 1.73. The van der Waals surface area contributed by atoms with Crippen LogP contribution < -0.4 is 5.14 Å². The number of nitrogens with two attached hydrogens (primary N) is 1. The fraction of sp³-hybridized carbons (Fsp3) is 0. The maximum Gasteiger partial charge on any atom is 0.273 e. The van der Waals surface area contributed by atoms with Gasteiger partial charge in [-0.25, -0.2) is 27.9 Å². The van der Waals surface area contributed by atoms with Crippen LogP contribution in [0.4, 0.5) is 4.39 Å². The highest BCUT2D eigenvalue weighted by atomic mass is 32.2. The largest absolute Gasteiger partial charge is 0.273 e. The molecule has 60 valence electrons. The zero-order valence-electron chi connectivity index (χ0n) is 5.23. The monoisotopic (exact) mass is 177 g/mol. The average Bonchev–Trinajstić information content (AvgIpc) is 1.86. The average molecular weight is 177 g/mol. The van der Waals surface area contributed by atoms with Gasteiger partial charge in [-0.2, -0.15) is 0 Å². The highest BCUT2D eigenvalue weighted by Crippen LogP contribution is 1.97. The van der Waals surface area contributed by atoms with Gasteiger partial charge >= 0.3 is 0 Å². The smallest absolute Gasteiger partial charge is 0.223 e. The van der Waals surface area contributed by atoms with Crippen LogP contribution in [0.3, 0.4) is 0 Å². The molecule has 0 aromatic carbocycles. The lowest BCUT2D eigenvalue weighted by Gasteiger charge is -1.92. The molecule has 1 heterocycles. The molecule has 5 nitrogen and oxygen atoms in total. The standard InChI is InChI=1S/C4H4FN3O2S/c5-3-1-7-4(8-2-3)11(6,9)10/h1-2H,(H2,6,9,10). The minimum Gasteiger partial charge on any atom is -0.223 e. The van der Waals surface area contributed by atoms with Crippen LogP contribution in [0.15, 0.2) is 17.6 Å². The number of rotatable bonds is 1. The Kier molecular flexibility index (Phi) is 1.83. The summed E-state index contributed by atoms with van der Waals surface area (Å²) >= 11 is 0. The molecule has 0 aliphatic rings. The van der Waals surface area contributed by atoms with Crippen molar-refractivity contribution in [3.63, 3.8) is 0 Å². The molecule has 0 saturated heterocycles. The minimum absolute atomic E-state index is 0.584. The Hall–Kier alpha value is -1.08. The molecular weight excluding hydrogens is 173 g/mol. The number of primary sulfonamides is 1. The molecule has 0 fully saturated rings. The Morgan fingerprint density at radius 3 is 2.18 bits per heavy atom. The zero-order valence-corrected chi connectivity index (χ0v) is 6.05. The first-order valence-electron chi connectivity index (χ1n) is 2.50. The van der Waals surface area contributed by atoms with Gasteiger partial charge in [-0.1, -0.05) is 0 Å². The van der Waals surface area contributed by atoms with Crippen LogP contribution in [0.5, 0.6) is 0 Å². The Morgan fingerprint density at radius 2 is 1.82 bits per heavy atom. The van der Waals surface area contributed by atoms with E-state index in [1.807, 2.05) is 0 Å². The summed E-state index contributed by atoms with van der Waals surface area (Å²) in [7, 11) is -3.91. The molecule has 0 saturated carbocycles. The second-order valence-corrected chi connectivity index (χ2v) is 3.18. The van der Waals surface area contributed by atoms with Crippen molar-refractivity contribution >= 4 is 10.0 Å². The normalized spacial score (nSPS) is 11.5. The van der Waals surface area contributed by atoms with Gasteiger partial charge in [0.25, 0.3) is 15.2 Å². The molecule has 11 heavy (non-hydrogen) atoms. The molecule has 7 heteroatoms. The number of sulfonamides is 1. The first-order chi connectivity index (χ1) is 5.00. The molecule has 0 aliphatic carbocycles. The van der Waals surface area contributed by atoms with Crippen LogP contribution in [0, 0.1) is 5.82 Å². The lowest BCUT2D eigenvalue weighted by molar-refractivity contribution is 0.577. The quantitative estimate of drug-likeness (QED) is 0.572. The summed E-state index contributed by atoms with van der Waals surface area (Å²) in [6.07, 6.45) is 1.46. The first-order valence-corrected chi connectivity index (χ1v) is 4.05. The van der Waals surface area contributed by atoms with E-state index in [9.17, 15) is 12.8 Å². The molecular formula is C4H4FN3O2S. The summed E-state index contributed by atoms with van der Waals surface area (Å²) in [6.45, 7) is 0. The summed E-state index contributed by atoms with van der Waals surface area (Å²) in [6, 6.07) is 0. The Labute approximate surface area is 62.1 Å². The SMILES string of the molecule is NS(=O)(=O)c1ncc(F)cn1. The number of halogens is 1. The highest BCUT2D eigenvalue weighted by molar-refractivity contribution is 7.89. The van der Waals surface area contributed by atoms with Gasteiger partial charge in [-0.3, -0.25) is 0 Å². The maximum atomic E-state index is 12.1. The van der Waals surface area contributed by atoms with Crippen LogP contribution in [0.25, 0.3) is 0 Å². The van der Waals surface area contributed by atoms with E-state index in [2.05, 4.69) is 15.1 Å². The molecule has 1 rings (SSSR count). The van der Waals surface area contributed by atoms with Crippen LogP contribution in [0.2, 0.25) is 0 Å². The van der Waals surface area contributed by atoms with E-state index in [-0.39, 0.29) is 0 Å². The van der Waals surface area contributed by atoms with Crippen molar-refractivity contribution in [2.75, 3.05) is 0 Å². The molecule has 0 bridgehead atoms. The third-order valence-electron chi connectivity index (χ3n) is 0.851. The Morgan fingerprint density at radius 1 is 1.36 bits per heavy atom. The summed E-state index contributed by atoms with van der Waals surface area (Å²) in [5, 5.41) is 4.05. The van der Waals surface area contributed by atoms with Gasteiger partial charge in [0.05, 0.1) is 12.4 Å². The molecule has 0 amide bonds. The van der Waals surface area contributed by atoms with E-state index in [1.165, 1.54) is 0 Å². The fourth-order valence-corrected chi connectivity index (χ4v) is 0.847. The molecule has 0 aliphatic heterocycles. The molecule has 0 spiro atoms. The van der Waals surface area contributed by atoms with Crippen molar-refractivity contribution in [3.05, 3.63) is 18.2 Å². The van der Waals surface area contributed by atoms with Crippen molar-refractivity contribution in [3.8, 4) is 0 Å². The predicted molar refractivity (Wildman–Crippen MR) is 33.4 cm³/mol. The van der Waals surface area contributed by atoms with Crippen LogP contribution in [-0.4, -0.2) is 18.4 Å². The lowest BCUT2D eigenvalue weighted by atomic mass is 10.7. The third kappa shape index (κ3) is 1.92. The second kappa shape index (κ2) is 2.51. The van der Waals surface area contributed by atoms with Crippen LogP contribution in [0.1, 0.15) is 0 Å². The van der Waals surface area contributed by atoms with Gasteiger partial charge in [0, 0.05) is 0 Å². The third-order valence-corrected chi connectivity index (χ3v) is 1.57. The fourth-order valence-electron chi connectivity index (χ4n) is 0.447. The van der Waals surface area contributed by atoms with E-state index < -0.39 is 21.0 Å². The van der Waals surface area contributed by atoms with E-state index in [0.29, 0.717) is 0 Å². The zero-order chi connectivity index (χ0) is 8.48. The number of nitrogens with zero attached hydrogens (tertiary/aromatic N) is 2. The minimum atomic E-state index is -3.91. The number of hydrogen-bond donors (Lipinski definition) is 1. The Balaban J connectivity index is 3.20. The first kappa shape index (κ1) is 8.02. The van der Waals surface area contributed by atoms with Gasteiger partial charge in [0.1, 0.15) is 0 Å². The van der Waals surface area contributed by atoms with E-state index >= 15 is 0 Å². The van der Waals surface area contributed by atoms with Crippen molar-refractivity contribution in [1.82, 2.24) is 9.97 Å². The molecule has 0 unspecified atom stereocenters. The van der Waals surface area contributed by atoms with Crippen molar-refractivity contribution < 1.29 is 12.8 Å². The molecule has 1 aromatic heterocycles. The molecule has 0 radical (unpaired) electrons. The van der Waals surface area contributed by atoms with E-state index in [4.69, 9.17) is 0 Å². The molecule has 2 N–H and O–H groups in total. The lowest BCUT2D eigenvalue weighted by Crippen LogP contribution is -2.15. The summed E-state index contributed by atoms with van der Waals surface area (Å²) in [5.74, 6) is -0.711. The van der Waals surface area contributed by atoms with Crippen molar-refractivity contribution in [2.24, 2.45) is 5.14 Å². The van der Waals surface area contributed by atoms with E-state index in [0.717, 1.165) is 12.4 Å². The van der Waals surface area contributed by atoms with Crippen molar-refractivity contribution in [2.45, 2.75) is 5.16 Å². The summed E-state index contributed by atoms with van der Waals surface area (Å²) in [5.41, 5.74) is 0. The van der Waals surface area contributed by atoms with Crippen LogP contribution >= 0.6 is 0 Å². The maximum absolute atomic E-state index is 12.1. The van der Waals surface area contributed by atoms with Crippen LogP contribution in [-0.2, 0) is 10.0 Å².